The van der Waals surface area contributed by atoms with Crippen LogP contribution in [0.3, 0.4) is 0 Å². The summed E-state index contributed by atoms with van der Waals surface area (Å²) in [6.45, 7) is 0.220. The van der Waals surface area contributed by atoms with Crippen LogP contribution in [0.2, 0.25) is 0 Å². The van der Waals surface area contributed by atoms with E-state index in [4.69, 9.17) is 4.74 Å². The summed E-state index contributed by atoms with van der Waals surface area (Å²) in [6.07, 6.45) is -0.120. The summed E-state index contributed by atoms with van der Waals surface area (Å²) in [5.74, 6) is -0.360. The number of carbonyl (C=O) groups is 3. The summed E-state index contributed by atoms with van der Waals surface area (Å²) < 4.78 is 6.14. The molecule has 4 amide bonds. The van der Waals surface area contributed by atoms with Crippen LogP contribution in [-0.2, 0) is 14.3 Å². The molecule has 2 unspecified atom stereocenters. The molecule has 0 saturated carbocycles. The Bertz CT molecular complexity index is 1100. The van der Waals surface area contributed by atoms with Crippen molar-refractivity contribution in [2.45, 2.75) is 25.1 Å². The van der Waals surface area contributed by atoms with Crippen molar-refractivity contribution >= 4 is 23.5 Å². The first kappa shape index (κ1) is 24.2. The first-order valence-corrected chi connectivity index (χ1v) is 11.6. The summed E-state index contributed by atoms with van der Waals surface area (Å²) in [5, 5.41) is 0. The van der Waals surface area contributed by atoms with E-state index in [9.17, 15) is 14.4 Å². The lowest BCUT2D eigenvalue weighted by atomic mass is 10.0. The Morgan fingerprint density at radius 3 is 2.06 bits per heavy atom. The van der Waals surface area contributed by atoms with E-state index in [1.807, 2.05) is 91.0 Å². The minimum absolute atomic E-state index is 0.00224. The van der Waals surface area contributed by atoms with Crippen molar-refractivity contribution in [1.82, 2.24) is 9.80 Å². The standard InChI is InChI=1S/C28H29N3O4/c1-29(2)24(32)19-12-20-35-27(22-15-8-4-9-16-22)31-26(33)25(21-13-6-3-7-14-21)30(28(31)34)23-17-10-5-11-18-23/h3-11,13-18,25,27H,12,19-20H2,1-2H3. The van der Waals surface area contributed by atoms with Gasteiger partial charge in [-0.05, 0) is 24.1 Å². The summed E-state index contributed by atoms with van der Waals surface area (Å²) >= 11 is 0. The molecule has 7 heteroatoms. The summed E-state index contributed by atoms with van der Waals surface area (Å²) in [7, 11) is 3.42. The third-order valence-electron chi connectivity index (χ3n) is 5.92. The van der Waals surface area contributed by atoms with Crippen molar-refractivity contribution in [2.24, 2.45) is 0 Å². The zero-order valence-corrected chi connectivity index (χ0v) is 19.9. The van der Waals surface area contributed by atoms with Crippen molar-refractivity contribution in [3.05, 3.63) is 102 Å². The van der Waals surface area contributed by atoms with Crippen LogP contribution >= 0.6 is 0 Å². The van der Waals surface area contributed by atoms with Crippen LogP contribution in [0.1, 0.15) is 36.2 Å². The monoisotopic (exact) mass is 471 g/mol. The Morgan fingerprint density at radius 1 is 0.886 bits per heavy atom. The van der Waals surface area contributed by atoms with Crippen LogP contribution in [0.5, 0.6) is 0 Å². The zero-order chi connectivity index (χ0) is 24.8. The number of para-hydroxylation sites is 1. The van der Waals surface area contributed by atoms with Gasteiger partial charge in [0.15, 0.2) is 6.23 Å². The highest BCUT2D eigenvalue weighted by Crippen LogP contribution is 2.39. The van der Waals surface area contributed by atoms with Crippen LogP contribution in [0.4, 0.5) is 10.5 Å². The molecule has 0 aromatic heterocycles. The molecule has 1 aliphatic rings. The molecule has 0 spiro atoms. The molecule has 1 fully saturated rings. The first-order valence-electron chi connectivity index (χ1n) is 11.6. The van der Waals surface area contributed by atoms with E-state index >= 15 is 0 Å². The highest BCUT2D eigenvalue weighted by atomic mass is 16.5. The lowest BCUT2D eigenvalue weighted by Crippen LogP contribution is -2.38. The molecular weight excluding hydrogens is 442 g/mol. The van der Waals surface area contributed by atoms with Gasteiger partial charge in [0.05, 0.1) is 6.61 Å². The summed E-state index contributed by atoms with van der Waals surface area (Å²) in [4.78, 5) is 43.9. The minimum Gasteiger partial charge on any atom is -0.353 e. The number of amides is 4. The molecule has 7 nitrogen and oxygen atoms in total. The van der Waals surface area contributed by atoms with E-state index in [0.717, 1.165) is 5.56 Å². The van der Waals surface area contributed by atoms with Crippen molar-refractivity contribution in [3.63, 3.8) is 0 Å². The number of nitrogens with zero attached hydrogens (tertiary/aromatic N) is 3. The van der Waals surface area contributed by atoms with E-state index in [1.165, 1.54) is 14.7 Å². The van der Waals surface area contributed by atoms with Gasteiger partial charge in [-0.3, -0.25) is 14.5 Å². The fourth-order valence-corrected chi connectivity index (χ4v) is 4.13. The van der Waals surface area contributed by atoms with Crippen molar-refractivity contribution in [2.75, 3.05) is 25.6 Å². The Labute approximate surface area is 205 Å². The van der Waals surface area contributed by atoms with E-state index in [1.54, 1.807) is 14.1 Å². The lowest BCUT2D eigenvalue weighted by Gasteiger charge is -2.27. The van der Waals surface area contributed by atoms with Gasteiger partial charge in [0.25, 0.3) is 5.91 Å². The lowest BCUT2D eigenvalue weighted by molar-refractivity contribution is -0.139. The highest BCUT2D eigenvalue weighted by molar-refractivity contribution is 6.14. The number of hydrogen-bond acceptors (Lipinski definition) is 4. The minimum atomic E-state index is -0.911. The third-order valence-corrected chi connectivity index (χ3v) is 5.92. The van der Waals surface area contributed by atoms with E-state index in [2.05, 4.69) is 0 Å². The molecule has 35 heavy (non-hydrogen) atoms. The maximum Gasteiger partial charge on any atom is 0.334 e. The van der Waals surface area contributed by atoms with Gasteiger partial charge in [0.2, 0.25) is 5.91 Å². The zero-order valence-electron chi connectivity index (χ0n) is 19.9. The second kappa shape index (κ2) is 11.0. The van der Waals surface area contributed by atoms with Crippen LogP contribution in [0.25, 0.3) is 0 Å². The molecule has 0 radical (unpaired) electrons. The molecule has 1 heterocycles. The average molecular weight is 472 g/mol. The quantitative estimate of drug-likeness (QED) is 0.333. The topological polar surface area (TPSA) is 70.2 Å². The van der Waals surface area contributed by atoms with Crippen LogP contribution in [0, 0.1) is 0 Å². The van der Waals surface area contributed by atoms with Crippen molar-refractivity contribution in [1.29, 1.82) is 0 Å². The number of carbonyl (C=O) groups excluding carboxylic acids is 3. The molecule has 3 aromatic carbocycles. The Hall–Kier alpha value is -3.97. The largest absolute Gasteiger partial charge is 0.353 e. The normalized spacial score (nSPS) is 16.5. The number of imide groups is 1. The maximum atomic E-state index is 13.9. The summed E-state index contributed by atoms with van der Waals surface area (Å²) in [5.41, 5.74) is 2.04. The number of ether oxygens (including phenoxy) is 1. The molecule has 3 aromatic rings. The molecule has 0 aliphatic carbocycles. The van der Waals surface area contributed by atoms with Gasteiger partial charge >= 0.3 is 6.03 Å². The third kappa shape index (κ3) is 5.25. The van der Waals surface area contributed by atoms with Gasteiger partial charge in [-0.2, -0.15) is 0 Å². The fourth-order valence-electron chi connectivity index (χ4n) is 4.13. The van der Waals surface area contributed by atoms with E-state index < -0.39 is 18.3 Å². The molecule has 4 rings (SSSR count). The number of urea groups is 1. The average Bonchev–Trinajstić information content (AvgIpc) is 3.15. The second-order valence-corrected chi connectivity index (χ2v) is 8.54. The predicted octanol–water partition coefficient (Wildman–Crippen LogP) is 4.78. The molecule has 0 N–H and O–H groups in total. The fraction of sp³-hybridized carbons (Fsp3) is 0.250. The molecule has 1 saturated heterocycles. The smallest absolute Gasteiger partial charge is 0.334 e. The Balaban J connectivity index is 1.67. The van der Waals surface area contributed by atoms with E-state index in [-0.39, 0.29) is 18.4 Å². The van der Waals surface area contributed by atoms with Crippen molar-refractivity contribution in [3.8, 4) is 0 Å². The number of anilines is 1. The van der Waals surface area contributed by atoms with Gasteiger partial charge in [0, 0.05) is 31.8 Å². The van der Waals surface area contributed by atoms with Gasteiger partial charge in [-0.15, -0.1) is 0 Å². The first-order chi connectivity index (χ1) is 17.0. The van der Waals surface area contributed by atoms with Gasteiger partial charge in [-0.25, -0.2) is 9.69 Å². The van der Waals surface area contributed by atoms with Gasteiger partial charge < -0.3 is 9.64 Å². The van der Waals surface area contributed by atoms with Crippen molar-refractivity contribution < 1.29 is 19.1 Å². The number of rotatable bonds is 9. The molecule has 2 atom stereocenters. The molecule has 180 valence electrons. The Kier molecular flexibility index (Phi) is 7.57. The van der Waals surface area contributed by atoms with Crippen LogP contribution < -0.4 is 4.90 Å². The molecule has 1 aliphatic heterocycles. The number of benzene rings is 3. The molecular formula is C28H29N3O4. The second-order valence-electron chi connectivity index (χ2n) is 8.54. The number of hydrogen-bond donors (Lipinski definition) is 0. The van der Waals surface area contributed by atoms with Gasteiger partial charge in [-0.1, -0.05) is 78.9 Å². The summed E-state index contributed by atoms with van der Waals surface area (Å²) in [6, 6.07) is 26.4. The van der Waals surface area contributed by atoms with Crippen LogP contribution in [-0.4, -0.2) is 48.3 Å². The predicted molar refractivity (Wildman–Crippen MR) is 133 cm³/mol. The Morgan fingerprint density at radius 2 is 1.46 bits per heavy atom. The van der Waals surface area contributed by atoms with Crippen LogP contribution in [0.15, 0.2) is 91.0 Å². The maximum absolute atomic E-state index is 13.9. The molecule has 0 bridgehead atoms. The highest BCUT2D eigenvalue weighted by Gasteiger charge is 2.50. The van der Waals surface area contributed by atoms with Gasteiger partial charge in [0.1, 0.15) is 6.04 Å². The van der Waals surface area contributed by atoms with E-state index in [0.29, 0.717) is 24.1 Å². The SMILES string of the molecule is CN(C)C(=O)CCCOC(c1ccccc1)N1C(=O)C(c2ccccc2)N(c2ccccc2)C1=O.